The maximum Gasteiger partial charge on any atom is 0.256 e. The van der Waals surface area contributed by atoms with Crippen LogP contribution in [0.4, 0.5) is 5.82 Å². The molecule has 0 saturated heterocycles. The van der Waals surface area contributed by atoms with E-state index in [1.807, 2.05) is 74.8 Å². The van der Waals surface area contributed by atoms with Crippen molar-refractivity contribution in [3.63, 3.8) is 0 Å². The number of anilines is 1. The smallest absolute Gasteiger partial charge is 0.256 e. The summed E-state index contributed by atoms with van der Waals surface area (Å²) in [6, 6.07) is 18.7. The minimum atomic E-state index is -0.619. The Hall–Kier alpha value is -5.69. The van der Waals surface area contributed by atoms with Gasteiger partial charge in [-0.15, -0.1) is 5.10 Å². The highest BCUT2D eigenvalue weighted by Crippen LogP contribution is 2.26. The normalized spacial score (nSPS) is 10.6. The van der Waals surface area contributed by atoms with Gasteiger partial charge in [0, 0.05) is 37.6 Å². The van der Waals surface area contributed by atoms with Gasteiger partial charge < -0.3 is 15.9 Å². The zero-order valence-electron chi connectivity index (χ0n) is 21.8. The van der Waals surface area contributed by atoms with Crippen molar-refractivity contribution in [1.29, 1.82) is 0 Å². The predicted molar refractivity (Wildman–Crippen MR) is 152 cm³/mol. The van der Waals surface area contributed by atoms with Gasteiger partial charge in [0.15, 0.2) is 11.5 Å². The van der Waals surface area contributed by atoms with Crippen molar-refractivity contribution in [2.75, 3.05) is 5.73 Å². The molecule has 1 amide bonds. The quantitative estimate of drug-likeness (QED) is 0.332. The van der Waals surface area contributed by atoms with Gasteiger partial charge in [-0.1, -0.05) is 49.2 Å². The van der Waals surface area contributed by atoms with Gasteiger partial charge in [0.05, 0.1) is 10.9 Å². The van der Waals surface area contributed by atoms with Crippen LogP contribution in [-0.2, 0) is 13.5 Å². The molecule has 4 N–H and O–H groups in total. The molecule has 0 radical (unpaired) electrons. The molecule has 6 rings (SSSR count). The number of hydrogen-bond acceptors (Lipinski definition) is 7. The third-order valence-electron chi connectivity index (χ3n) is 6.08. The summed E-state index contributed by atoms with van der Waals surface area (Å²) in [5.74, 6) is 6.29. The van der Waals surface area contributed by atoms with Crippen LogP contribution in [0.25, 0.3) is 27.7 Å². The monoisotopic (exact) mass is 531 g/mol. The van der Waals surface area contributed by atoms with Crippen LogP contribution in [0.3, 0.4) is 0 Å². The van der Waals surface area contributed by atoms with Crippen molar-refractivity contribution < 1.29 is 9.21 Å². The summed E-state index contributed by atoms with van der Waals surface area (Å²) in [6.45, 7) is 1.99. The van der Waals surface area contributed by atoms with Crippen molar-refractivity contribution in [3.05, 3.63) is 112 Å². The zero-order chi connectivity index (χ0) is 28.2. The fourth-order valence-corrected chi connectivity index (χ4v) is 4.29. The highest BCUT2D eigenvalue weighted by molar-refractivity contribution is 6.03. The number of nitrogen functional groups attached to an aromatic ring is 1. The lowest BCUT2D eigenvalue weighted by atomic mass is 9.99. The zero-order valence-corrected chi connectivity index (χ0v) is 21.8. The standard InChI is InChI=1S/C23H18N2O2.C7H7N5O/c1-3-19-21(16-8-5-4-6-9-16)23(26)22-17(10-7-11-20(22)27-19)12-13-18-14-15-25(2)24-18;8-5-4(6(9)13)7-10-2-1-3-12(7)11-5/h4-11,14-15H,3H2,1-2H3;1-3H,(H2,8,11)(H2,9,13). The van der Waals surface area contributed by atoms with E-state index < -0.39 is 5.91 Å². The van der Waals surface area contributed by atoms with E-state index in [4.69, 9.17) is 15.9 Å². The first-order chi connectivity index (χ1) is 19.4. The molecule has 4 heterocycles. The van der Waals surface area contributed by atoms with Gasteiger partial charge in [-0.05, 0) is 35.7 Å². The molecule has 2 aromatic carbocycles. The Balaban J connectivity index is 0.000000207. The molecule has 40 heavy (non-hydrogen) atoms. The molecule has 0 spiro atoms. The van der Waals surface area contributed by atoms with Crippen LogP contribution in [0, 0.1) is 11.8 Å². The number of aryl methyl sites for hydroxylation is 2. The number of hydrogen-bond donors (Lipinski definition) is 2. The Morgan fingerprint density at radius 2 is 1.80 bits per heavy atom. The van der Waals surface area contributed by atoms with Crippen LogP contribution in [0.5, 0.6) is 0 Å². The number of rotatable bonds is 3. The van der Waals surface area contributed by atoms with Gasteiger partial charge in [0.2, 0.25) is 5.43 Å². The van der Waals surface area contributed by atoms with E-state index in [1.165, 1.54) is 4.52 Å². The maximum absolute atomic E-state index is 13.4. The molecule has 0 atom stereocenters. The Labute approximate surface area is 228 Å². The van der Waals surface area contributed by atoms with Gasteiger partial charge in [-0.25, -0.2) is 9.50 Å². The summed E-state index contributed by atoms with van der Waals surface area (Å²) in [4.78, 5) is 28.3. The molecule has 0 aliphatic rings. The summed E-state index contributed by atoms with van der Waals surface area (Å²) in [5, 5.41) is 8.64. The Morgan fingerprint density at radius 1 is 1.00 bits per heavy atom. The maximum atomic E-state index is 13.4. The third-order valence-corrected chi connectivity index (χ3v) is 6.08. The molecule has 4 aromatic heterocycles. The number of primary amides is 1. The molecule has 6 aromatic rings. The molecule has 0 fully saturated rings. The Bertz CT molecular complexity index is 1980. The number of carbonyl (C=O) groups excluding carboxylic acids is 1. The summed E-state index contributed by atoms with van der Waals surface area (Å²) < 4.78 is 9.20. The van der Waals surface area contributed by atoms with Gasteiger partial charge >= 0.3 is 0 Å². The molecule has 10 nitrogen and oxygen atoms in total. The largest absolute Gasteiger partial charge is 0.460 e. The van der Waals surface area contributed by atoms with Crippen LogP contribution in [0.15, 0.2) is 88.5 Å². The minimum Gasteiger partial charge on any atom is -0.460 e. The number of aromatic nitrogens is 5. The highest BCUT2D eigenvalue weighted by Gasteiger charge is 2.17. The van der Waals surface area contributed by atoms with E-state index in [1.54, 1.807) is 23.1 Å². The summed E-state index contributed by atoms with van der Waals surface area (Å²) >= 11 is 0. The second-order valence-electron chi connectivity index (χ2n) is 8.76. The molecule has 0 aliphatic carbocycles. The van der Waals surface area contributed by atoms with Crippen LogP contribution in [0.2, 0.25) is 0 Å². The van der Waals surface area contributed by atoms with E-state index in [2.05, 4.69) is 27.0 Å². The van der Waals surface area contributed by atoms with Gasteiger partial charge in [0.1, 0.15) is 22.6 Å². The lowest BCUT2D eigenvalue weighted by molar-refractivity contribution is 0.100. The first-order valence-corrected chi connectivity index (χ1v) is 12.4. The topological polar surface area (TPSA) is 147 Å². The fraction of sp³-hybridized carbons (Fsp3) is 0.100. The van der Waals surface area contributed by atoms with Crippen molar-refractivity contribution in [2.45, 2.75) is 13.3 Å². The first-order valence-electron chi connectivity index (χ1n) is 12.4. The van der Waals surface area contributed by atoms with Gasteiger partial charge in [-0.2, -0.15) is 5.10 Å². The van der Waals surface area contributed by atoms with Gasteiger partial charge in [0.25, 0.3) is 5.91 Å². The van der Waals surface area contributed by atoms with Crippen LogP contribution in [-0.4, -0.2) is 30.3 Å². The van der Waals surface area contributed by atoms with Crippen molar-refractivity contribution in [3.8, 4) is 23.0 Å². The molecule has 0 aliphatic heterocycles. The van der Waals surface area contributed by atoms with Crippen molar-refractivity contribution in [2.24, 2.45) is 12.8 Å². The van der Waals surface area contributed by atoms with Crippen molar-refractivity contribution >= 4 is 28.3 Å². The number of carbonyl (C=O) groups is 1. The van der Waals surface area contributed by atoms with E-state index in [0.717, 1.165) is 5.56 Å². The SMILES string of the molecule is CCc1oc2cccc(C#Cc3ccn(C)n3)c2c(=O)c1-c1ccccc1.NC(=O)c1c(N)nn2cccnc12. The molecule has 0 saturated carbocycles. The number of nitrogens with two attached hydrogens (primary N) is 2. The highest BCUT2D eigenvalue weighted by atomic mass is 16.3. The molecular formula is C30H25N7O3. The van der Waals surface area contributed by atoms with Crippen LogP contribution in [0.1, 0.15) is 34.3 Å². The number of nitrogens with zero attached hydrogens (tertiary/aromatic N) is 5. The lowest BCUT2D eigenvalue weighted by Crippen LogP contribution is -2.12. The number of amides is 1. The first kappa shape index (κ1) is 25.9. The lowest BCUT2D eigenvalue weighted by Gasteiger charge is -2.09. The van der Waals surface area contributed by atoms with E-state index in [9.17, 15) is 9.59 Å². The number of fused-ring (bicyclic) bond motifs is 2. The molecule has 0 bridgehead atoms. The predicted octanol–water partition coefficient (Wildman–Crippen LogP) is 3.57. The average molecular weight is 532 g/mol. The average Bonchev–Trinajstić information content (AvgIpc) is 3.53. The summed E-state index contributed by atoms with van der Waals surface area (Å²) in [5.41, 5.74) is 14.4. The second-order valence-corrected chi connectivity index (χ2v) is 8.76. The molecule has 10 heteroatoms. The number of benzene rings is 2. The summed E-state index contributed by atoms with van der Waals surface area (Å²) in [7, 11) is 1.84. The fourth-order valence-electron chi connectivity index (χ4n) is 4.29. The van der Waals surface area contributed by atoms with Gasteiger partial charge in [-0.3, -0.25) is 14.3 Å². The van der Waals surface area contributed by atoms with E-state index in [0.29, 0.717) is 45.6 Å². The second kappa shape index (κ2) is 11.0. The van der Waals surface area contributed by atoms with Crippen LogP contribution >= 0.6 is 0 Å². The molecular weight excluding hydrogens is 506 g/mol. The van der Waals surface area contributed by atoms with E-state index >= 15 is 0 Å². The molecule has 198 valence electrons. The summed E-state index contributed by atoms with van der Waals surface area (Å²) in [6.07, 6.45) is 5.66. The third kappa shape index (κ3) is 5.04. The van der Waals surface area contributed by atoms with Crippen molar-refractivity contribution in [1.82, 2.24) is 24.4 Å². The van der Waals surface area contributed by atoms with E-state index in [-0.39, 0.29) is 16.8 Å². The Kier molecular flexibility index (Phi) is 7.11. The molecule has 0 unspecified atom stereocenters. The Morgan fingerprint density at radius 3 is 2.50 bits per heavy atom. The minimum absolute atomic E-state index is 0.0507. The van der Waals surface area contributed by atoms with Crippen LogP contribution < -0.4 is 16.9 Å².